The fourth-order valence-corrected chi connectivity index (χ4v) is 5.86. The highest BCUT2D eigenvalue weighted by atomic mass is 14.5. The summed E-state index contributed by atoms with van der Waals surface area (Å²) in [7, 11) is 0. The predicted octanol–water partition coefficient (Wildman–Crippen LogP) is 7.90. The van der Waals surface area contributed by atoms with E-state index in [1.54, 1.807) is 38.5 Å². The van der Waals surface area contributed by atoms with E-state index in [1.807, 2.05) is 0 Å². The lowest BCUT2D eigenvalue weighted by molar-refractivity contribution is -0.0113. The molecule has 0 N–H and O–H groups in total. The smallest absolute Gasteiger partial charge is 0.0241 e. The second kappa shape index (κ2) is 9.99. The summed E-state index contributed by atoms with van der Waals surface area (Å²) in [4.78, 5) is 0. The van der Waals surface area contributed by atoms with Crippen molar-refractivity contribution in [2.24, 2.45) is 17.3 Å². The van der Waals surface area contributed by atoms with Crippen molar-refractivity contribution >= 4 is 0 Å². The van der Waals surface area contributed by atoms with Crippen LogP contribution in [0.4, 0.5) is 0 Å². The van der Waals surface area contributed by atoms with Gasteiger partial charge in [-0.05, 0) is 55.8 Å². The van der Waals surface area contributed by atoms with Crippen molar-refractivity contribution in [2.45, 2.75) is 123 Å². The Labute approximate surface area is 140 Å². The SMILES string of the molecule is CCCCCC1CCCCC1(CCCCC)C1CCCCC1. The monoisotopic (exact) mass is 306 g/mol. The Balaban J connectivity index is 2.06. The molecular weight excluding hydrogens is 264 g/mol. The summed E-state index contributed by atoms with van der Waals surface area (Å²) in [5.74, 6) is 2.16. The molecule has 0 saturated heterocycles. The Morgan fingerprint density at radius 3 is 2.14 bits per heavy atom. The van der Waals surface area contributed by atoms with Crippen LogP contribution in [0.3, 0.4) is 0 Å². The summed E-state index contributed by atoms with van der Waals surface area (Å²) >= 11 is 0. The van der Waals surface area contributed by atoms with Crippen LogP contribution in [-0.2, 0) is 0 Å². The number of rotatable bonds is 9. The van der Waals surface area contributed by atoms with Gasteiger partial charge in [0, 0.05) is 0 Å². The van der Waals surface area contributed by atoms with E-state index < -0.39 is 0 Å². The summed E-state index contributed by atoms with van der Waals surface area (Å²) in [6, 6.07) is 0. The first-order valence-electron chi connectivity index (χ1n) is 10.8. The maximum atomic E-state index is 2.37. The second-order valence-electron chi connectivity index (χ2n) is 8.46. The van der Waals surface area contributed by atoms with Crippen molar-refractivity contribution in [1.82, 2.24) is 0 Å². The molecule has 0 radical (unpaired) electrons. The Morgan fingerprint density at radius 1 is 0.727 bits per heavy atom. The quantitative estimate of drug-likeness (QED) is 0.380. The van der Waals surface area contributed by atoms with Crippen molar-refractivity contribution in [2.75, 3.05) is 0 Å². The molecule has 130 valence electrons. The van der Waals surface area contributed by atoms with Crippen molar-refractivity contribution in [3.63, 3.8) is 0 Å². The highest BCUT2D eigenvalue weighted by Gasteiger charge is 2.45. The van der Waals surface area contributed by atoms with Gasteiger partial charge in [-0.1, -0.05) is 84.5 Å². The van der Waals surface area contributed by atoms with E-state index in [4.69, 9.17) is 0 Å². The highest BCUT2D eigenvalue weighted by molar-refractivity contribution is 4.95. The summed E-state index contributed by atoms with van der Waals surface area (Å²) < 4.78 is 0. The zero-order valence-corrected chi connectivity index (χ0v) is 15.7. The standard InChI is InChI=1S/C22H42/c1-3-5-8-14-20-17-11-13-19-22(20,18-12-6-4-2)21-15-9-7-10-16-21/h20-21H,3-19H2,1-2H3. The van der Waals surface area contributed by atoms with Crippen LogP contribution in [-0.4, -0.2) is 0 Å². The normalized spacial score (nSPS) is 30.5. The molecule has 22 heavy (non-hydrogen) atoms. The zero-order chi connectivity index (χ0) is 15.7. The van der Waals surface area contributed by atoms with E-state index in [9.17, 15) is 0 Å². The van der Waals surface area contributed by atoms with Crippen LogP contribution in [0.15, 0.2) is 0 Å². The molecular formula is C22H42. The Hall–Kier alpha value is 0. The average Bonchev–Trinajstić information content (AvgIpc) is 2.57. The van der Waals surface area contributed by atoms with Crippen LogP contribution in [0.5, 0.6) is 0 Å². The van der Waals surface area contributed by atoms with Crippen molar-refractivity contribution in [1.29, 1.82) is 0 Å². The minimum absolute atomic E-state index is 0.765. The van der Waals surface area contributed by atoms with Gasteiger partial charge < -0.3 is 0 Å². The topological polar surface area (TPSA) is 0 Å². The van der Waals surface area contributed by atoms with E-state index in [-0.39, 0.29) is 0 Å². The zero-order valence-electron chi connectivity index (χ0n) is 15.7. The third-order valence-corrected chi connectivity index (χ3v) is 7.08. The molecule has 0 aromatic carbocycles. The molecule has 2 aliphatic carbocycles. The molecule has 0 bridgehead atoms. The Morgan fingerprint density at radius 2 is 1.41 bits per heavy atom. The molecule has 2 rings (SSSR count). The van der Waals surface area contributed by atoms with Gasteiger partial charge in [-0.2, -0.15) is 0 Å². The van der Waals surface area contributed by atoms with Gasteiger partial charge in [0.1, 0.15) is 0 Å². The van der Waals surface area contributed by atoms with Crippen LogP contribution in [0.2, 0.25) is 0 Å². The van der Waals surface area contributed by atoms with Gasteiger partial charge in [-0.3, -0.25) is 0 Å². The molecule has 0 nitrogen and oxygen atoms in total. The molecule has 2 unspecified atom stereocenters. The van der Waals surface area contributed by atoms with E-state index in [2.05, 4.69) is 13.8 Å². The Bertz CT molecular complexity index is 276. The summed E-state index contributed by atoms with van der Waals surface area (Å²) in [5, 5.41) is 0. The van der Waals surface area contributed by atoms with E-state index in [0.29, 0.717) is 0 Å². The molecule has 0 heteroatoms. The molecule has 2 saturated carbocycles. The number of hydrogen-bond acceptors (Lipinski definition) is 0. The number of unbranched alkanes of at least 4 members (excludes halogenated alkanes) is 4. The molecule has 0 spiro atoms. The lowest BCUT2D eigenvalue weighted by Crippen LogP contribution is -2.41. The number of hydrogen-bond donors (Lipinski definition) is 0. The molecule has 0 aliphatic heterocycles. The van der Waals surface area contributed by atoms with E-state index in [0.717, 1.165) is 17.3 Å². The minimum atomic E-state index is 0.765. The first-order chi connectivity index (χ1) is 10.8. The molecule has 2 atom stereocenters. The van der Waals surface area contributed by atoms with Gasteiger partial charge in [-0.25, -0.2) is 0 Å². The van der Waals surface area contributed by atoms with Crippen molar-refractivity contribution in [3.8, 4) is 0 Å². The van der Waals surface area contributed by atoms with Gasteiger partial charge in [0.2, 0.25) is 0 Å². The lowest BCUT2D eigenvalue weighted by Gasteiger charge is -2.51. The first kappa shape index (κ1) is 18.3. The summed E-state index contributed by atoms with van der Waals surface area (Å²) in [6.07, 6.45) is 25.8. The maximum absolute atomic E-state index is 2.37. The van der Waals surface area contributed by atoms with Crippen molar-refractivity contribution in [3.05, 3.63) is 0 Å². The van der Waals surface area contributed by atoms with Gasteiger partial charge >= 0.3 is 0 Å². The minimum Gasteiger partial charge on any atom is -0.0654 e. The Kier molecular flexibility index (Phi) is 8.33. The molecule has 0 amide bonds. The average molecular weight is 307 g/mol. The van der Waals surface area contributed by atoms with Crippen LogP contribution < -0.4 is 0 Å². The molecule has 2 fully saturated rings. The molecule has 2 aliphatic rings. The summed E-state index contributed by atoms with van der Waals surface area (Å²) in [6.45, 7) is 4.73. The van der Waals surface area contributed by atoms with Gasteiger partial charge in [-0.15, -0.1) is 0 Å². The fourth-order valence-electron chi connectivity index (χ4n) is 5.86. The molecule has 0 aromatic rings. The van der Waals surface area contributed by atoms with Crippen molar-refractivity contribution < 1.29 is 0 Å². The molecule has 0 aromatic heterocycles. The van der Waals surface area contributed by atoms with Crippen LogP contribution >= 0.6 is 0 Å². The lowest BCUT2D eigenvalue weighted by atomic mass is 9.54. The van der Waals surface area contributed by atoms with Gasteiger partial charge in [0.25, 0.3) is 0 Å². The predicted molar refractivity (Wildman–Crippen MR) is 99.3 cm³/mol. The van der Waals surface area contributed by atoms with Gasteiger partial charge in [0.05, 0.1) is 0 Å². The first-order valence-corrected chi connectivity index (χ1v) is 10.8. The largest absolute Gasteiger partial charge is 0.0654 e. The highest BCUT2D eigenvalue weighted by Crippen LogP contribution is 2.55. The van der Waals surface area contributed by atoms with Crippen LogP contribution in [0.1, 0.15) is 123 Å². The van der Waals surface area contributed by atoms with E-state index in [1.165, 1.54) is 70.6 Å². The van der Waals surface area contributed by atoms with Crippen LogP contribution in [0.25, 0.3) is 0 Å². The summed E-state index contributed by atoms with van der Waals surface area (Å²) in [5.41, 5.74) is 0.765. The fraction of sp³-hybridized carbons (Fsp3) is 1.00. The third kappa shape index (κ3) is 4.75. The van der Waals surface area contributed by atoms with E-state index >= 15 is 0 Å². The van der Waals surface area contributed by atoms with Crippen LogP contribution in [0, 0.1) is 17.3 Å². The van der Waals surface area contributed by atoms with Gasteiger partial charge in [0.15, 0.2) is 0 Å². The molecule has 0 heterocycles. The third-order valence-electron chi connectivity index (χ3n) is 7.08. The second-order valence-corrected chi connectivity index (χ2v) is 8.46. The maximum Gasteiger partial charge on any atom is -0.0241 e.